The number of nitrogens with two attached hydrogens (primary N) is 1. The van der Waals surface area contributed by atoms with Crippen LogP contribution in [0.15, 0.2) is 36.5 Å². The summed E-state index contributed by atoms with van der Waals surface area (Å²) in [6, 6.07) is 9.39. The number of hydrogen-bond acceptors (Lipinski definition) is 5. The molecule has 2 N–H and O–H groups in total. The van der Waals surface area contributed by atoms with E-state index in [2.05, 4.69) is 9.97 Å². The minimum atomic E-state index is 0.200. The molecule has 0 radical (unpaired) electrons. The summed E-state index contributed by atoms with van der Waals surface area (Å²) in [5.74, 6) is 1.36. The zero-order valence-corrected chi connectivity index (χ0v) is 9.79. The molecule has 1 aromatic carbocycles. The lowest BCUT2D eigenvalue weighted by molar-refractivity contribution is 0.462. The summed E-state index contributed by atoms with van der Waals surface area (Å²) in [5.41, 5.74) is 6.54. The molecule has 2 rings (SSSR count). The monoisotopic (exact) mass is 230 g/mol. The van der Waals surface area contributed by atoms with Crippen LogP contribution >= 0.6 is 0 Å². The zero-order chi connectivity index (χ0) is 12.3. The summed E-state index contributed by atoms with van der Waals surface area (Å²) >= 11 is 0. The van der Waals surface area contributed by atoms with Crippen molar-refractivity contribution in [2.75, 3.05) is 24.7 Å². The molecule has 0 bridgehead atoms. The third-order valence-corrected chi connectivity index (χ3v) is 2.21. The fourth-order valence-electron chi connectivity index (χ4n) is 1.36. The van der Waals surface area contributed by atoms with Crippen molar-refractivity contribution in [3.63, 3.8) is 0 Å². The summed E-state index contributed by atoms with van der Waals surface area (Å²) in [4.78, 5) is 9.78. The number of benzene rings is 1. The van der Waals surface area contributed by atoms with Crippen LogP contribution in [0.2, 0.25) is 0 Å². The molecule has 0 aliphatic heterocycles. The molecule has 0 aliphatic rings. The zero-order valence-electron chi connectivity index (χ0n) is 9.79. The quantitative estimate of drug-likeness (QED) is 0.872. The van der Waals surface area contributed by atoms with Crippen molar-refractivity contribution in [2.45, 2.75) is 0 Å². The summed E-state index contributed by atoms with van der Waals surface area (Å²) in [6.45, 7) is 0. The third kappa shape index (κ3) is 2.84. The minimum absolute atomic E-state index is 0.200. The van der Waals surface area contributed by atoms with E-state index >= 15 is 0 Å². The standard InChI is InChI=1S/C12H14N4O/c1-16(2)9-4-3-5-10(8-9)17-11-6-7-14-12(13)15-11/h3-8H,1-2H3,(H2,13,14,15). The van der Waals surface area contributed by atoms with Gasteiger partial charge in [-0.15, -0.1) is 0 Å². The Morgan fingerprint density at radius 1 is 1.24 bits per heavy atom. The van der Waals surface area contributed by atoms with Gasteiger partial charge < -0.3 is 15.4 Å². The molecule has 0 unspecified atom stereocenters. The van der Waals surface area contributed by atoms with E-state index in [1.54, 1.807) is 12.3 Å². The molecule has 0 saturated carbocycles. The average Bonchev–Trinajstić information content (AvgIpc) is 2.29. The fraction of sp³-hybridized carbons (Fsp3) is 0.167. The smallest absolute Gasteiger partial charge is 0.224 e. The maximum absolute atomic E-state index is 5.59. The van der Waals surface area contributed by atoms with Gasteiger partial charge in [0.1, 0.15) is 5.75 Å². The molecule has 2 aromatic rings. The first-order chi connectivity index (χ1) is 8.15. The van der Waals surface area contributed by atoms with Crippen LogP contribution in [-0.4, -0.2) is 24.1 Å². The molecular weight excluding hydrogens is 216 g/mol. The number of nitrogens with zero attached hydrogens (tertiary/aromatic N) is 3. The van der Waals surface area contributed by atoms with Crippen LogP contribution in [0.25, 0.3) is 0 Å². The van der Waals surface area contributed by atoms with Gasteiger partial charge in [0.15, 0.2) is 0 Å². The van der Waals surface area contributed by atoms with E-state index in [-0.39, 0.29) is 5.95 Å². The Hall–Kier alpha value is -2.30. The summed E-state index contributed by atoms with van der Waals surface area (Å²) in [5, 5.41) is 0. The van der Waals surface area contributed by atoms with Crippen LogP contribution in [-0.2, 0) is 0 Å². The van der Waals surface area contributed by atoms with Gasteiger partial charge in [0.05, 0.1) is 0 Å². The van der Waals surface area contributed by atoms with Gasteiger partial charge in [-0.25, -0.2) is 4.98 Å². The van der Waals surface area contributed by atoms with Crippen LogP contribution in [0, 0.1) is 0 Å². The summed E-state index contributed by atoms with van der Waals surface area (Å²) < 4.78 is 5.59. The van der Waals surface area contributed by atoms with E-state index in [0.717, 1.165) is 5.69 Å². The molecule has 0 fully saturated rings. The van der Waals surface area contributed by atoms with E-state index < -0.39 is 0 Å². The van der Waals surface area contributed by atoms with Crippen LogP contribution in [0.1, 0.15) is 0 Å². The molecule has 88 valence electrons. The van der Waals surface area contributed by atoms with Crippen LogP contribution in [0.3, 0.4) is 0 Å². The largest absolute Gasteiger partial charge is 0.439 e. The maximum Gasteiger partial charge on any atom is 0.224 e. The minimum Gasteiger partial charge on any atom is -0.439 e. The second-order valence-electron chi connectivity index (χ2n) is 3.75. The summed E-state index contributed by atoms with van der Waals surface area (Å²) in [6.07, 6.45) is 1.56. The number of ether oxygens (including phenoxy) is 1. The first-order valence-corrected chi connectivity index (χ1v) is 5.19. The van der Waals surface area contributed by atoms with Crippen LogP contribution in [0.4, 0.5) is 11.6 Å². The van der Waals surface area contributed by atoms with E-state index in [1.807, 2.05) is 43.3 Å². The molecule has 0 spiro atoms. The second kappa shape index (κ2) is 4.69. The lowest BCUT2D eigenvalue weighted by Gasteiger charge is -2.13. The Morgan fingerprint density at radius 2 is 2.06 bits per heavy atom. The number of anilines is 2. The molecular formula is C12H14N4O. The Labute approximate surface area is 99.9 Å². The van der Waals surface area contributed by atoms with Gasteiger partial charge in [-0.3, -0.25) is 0 Å². The predicted molar refractivity (Wildman–Crippen MR) is 67.3 cm³/mol. The molecule has 17 heavy (non-hydrogen) atoms. The third-order valence-electron chi connectivity index (χ3n) is 2.21. The van der Waals surface area contributed by atoms with Crippen molar-refractivity contribution in [1.82, 2.24) is 9.97 Å². The SMILES string of the molecule is CN(C)c1cccc(Oc2ccnc(N)n2)c1. The Bertz CT molecular complexity index is 513. The maximum atomic E-state index is 5.59. The molecule has 1 aromatic heterocycles. The van der Waals surface area contributed by atoms with Crippen molar-refractivity contribution >= 4 is 11.6 Å². The van der Waals surface area contributed by atoms with Crippen molar-refractivity contribution in [3.05, 3.63) is 36.5 Å². The molecule has 0 aliphatic carbocycles. The summed E-state index contributed by atoms with van der Waals surface area (Å²) in [7, 11) is 3.95. The van der Waals surface area contributed by atoms with Gasteiger partial charge in [-0.05, 0) is 12.1 Å². The normalized spacial score (nSPS) is 10.0. The Morgan fingerprint density at radius 3 is 2.76 bits per heavy atom. The lowest BCUT2D eigenvalue weighted by atomic mass is 10.3. The van der Waals surface area contributed by atoms with Crippen molar-refractivity contribution < 1.29 is 4.74 Å². The lowest BCUT2D eigenvalue weighted by Crippen LogP contribution is -2.08. The molecule has 5 nitrogen and oxygen atoms in total. The first-order valence-electron chi connectivity index (χ1n) is 5.19. The van der Waals surface area contributed by atoms with Gasteiger partial charge in [0.2, 0.25) is 11.8 Å². The molecule has 0 atom stereocenters. The highest BCUT2D eigenvalue weighted by Crippen LogP contribution is 2.23. The second-order valence-corrected chi connectivity index (χ2v) is 3.75. The molecule has 0 saturated heterocycles. The van der Waals surface area contributed by atoms with E-state index in [4.69, 9.17) is 10.5 Å². The van der Waals surface area contributed by atoms with Crippen LogP contribution < -0.4 is 15.4 Å². The number of nitrogen functional groups attached to an aromatic ring is 1. The average molecular weight is 230 g/mol. The van der Waals surface area contributed by atoms with Crippen molar-refractivity contribution in [3.8, 4) is 11.6 Å². The predicted octanol–water partition coefficient (Wildman–Crippen LogP) is 1.92. The molecule has 5 heteroatoms. The molecule has 1 heterocycles. The van der Waals surface area contributed by atoms with Crippen LogP contribution in [0.5, 0.6) is 11.6 Å². The number of rotatable bonds is 3. The van der Waals surface area contributed by atoms with Gasteiger partial charge in [0.25, 0.3) is 0 Å². The molecule has 0 amide bonds. The first kappa shape index (κ1) is 11.2. The van der Waals surface area contributed by atoms with Gasteiger partial charge in [0, 0.05) is 38.1 Å². The highest BCUT2D eigenvalue weighted by atomic mass is 16.5. The topological polar surface area (TPSA) is 64.3 Å². The van der Waals surface area contributed by atoms with Crippen molar-refractivity contribution in [1.29, 1.82) is 0 Å². The van der Waals surface area contributed by atoms with Crippen molar-refractivity contribution in [2.24, 2.45) is 0 Å². The van der Waals surface area contributed by atoms with E-state index in [1.165, 1.54) is 0 Å². The highest BCUT2D eigenvalue weighted by Gasteiger charge is 2.01. The van der Waals surface area contributed by atoms with Gasteiger partial charge >= 0.3 is 0 Å². The fourth-order valence-corrected chi connectivity index (χ4v) is 1.36. The highest BCUT2D eigenvalue weighted by molar-refractivity contribution is 5.50. The number of aromatic nitrogens is 2. The van der Waals surface area contributed by atoms with Gasteiger partial charge in [-0.2, -0.15) is 4.98 Å². The Kier molecular flexibility index (Phi) is 3.09. The van der Waals surface area contributed by atoms with E-state index in [0.29, 0.717) is 11.6 Å². The number of hydrogen-bond donors (Lipinski definition) is 1. The van der Waals surface area contributed by atoms with E-state index in [9.17, 15) is 0 Å². The van der Waals surface area contributed by atoms with Gasteiger partial charge in [-0.1, -0.05) is 6.07 Å². The Balaban J connectivity index is 2.21.